The Hall–Kier alpha value is -2.75. The fraction of sp³-hybridized carbons (Fsp3) is 0.167. The zero-order valence-electron chi connectivity index (χ0n) is 12.7. The second kappa shape index (κ2) is 7.88. The van der Waals surface area contributed by atoms with Gasteiger partial charge >= 0.3 is 5.97 Å². The van der Waals surface area contributed by atoms with Gasteiger partial charge in [-0.1, -0.05) is 24.3 Å². The topological polar surface area (TPSA) is 38.8 Å². The number of benzene rings is 2. The van der Waals surface area contributed by atoms with Crippen molar-refractivity contribution >= 4 is 17.3 Å². The van der Waals surface area contributed by atoms with Crippen molar-refractivity contribution in [3.05, 3.63) is 66.9 Å². The van der Waals surface area contributed by atoms with Crippen LogP contribution in [0.25, 0.3) is 0 Å². The van der Waals surface area contributed by atoms with Crippen LogP contribution in [0.15, 0.2) is 66.9 Å². The number of ether oxygens (including phenoxy) is 2. The summed E-state index contributed by atoms with van der Waals surface area (Å²) in [6.07, 6.45) is 3.11. The molecular weight excluding hydrogens is 278 g/mol. The van der Waals surface area contributed by atoms with Gasteiger partial charge in [-0.2, -0.15) is 0 Å². The number of carbonyl (C=O) groups is 1. The molecule has 114 valence electrons. The number of para-hydroxylation sites is 1. The molecule has 2 aromatic carbocycles. The Morgan fingerprint density at radius 3 is 2.50 bits per heavy atom. The molecule has 0 fully saturated rings. The molecule has 0 heterocycles. The zero-order valence-corrected chi connectivity index (χ0v) is 12.7. The lowest BCUT2D eigenvalue weighted by atomic mass is 10.2. The molecule has 0 bridgehead atoms. The molecule has 0 amide bonds. The molecule has 0 radical (unpaired) electrons. The number of anilines is 2. The van der Waals surface area contributed by atoms with E-state index in [1.165, 1.54) is 6.08 Å². The predicted octanol–water partition coefficient (Wildman–Crippen LogP) is 3.91. The van der Waals surface area contributed by atoms with Crippen molar-refractivity contribution in [2.24, 2.45) is 0 Å². The minimum atomic E-state index is -0.369. The number of methoxy groups -OCH3 is 1. The first-order chi connectivity index (χ1) is 10.7. The summed E-state index contributed by atoms with van der Waals surface area (Å²) in [6, 6.07) is 17.4. The number of rotatable bonds is 6. The Bertz CT molecular complexity index is 638. The molecule has 0 aliphatic carbocycles. The summed E-state index contributed by atoms with van der Waals surface area (Å²) >= 11 is 0. The standard InChI is InChI=1S/C18H19NO3/c1-3-22-18(20)12-13-19(15-8-5-4-6-9-15)16-10-7-11-17(14-16)21-2/h4-14H,3H2,1-2H3/b13-12+. The summed E-state index contributed by atoms with van der Waals surface area (Å²) in [5.41, 5.74) is 1.84. The van der Waals surface area contributed by atoms with Crippen molar-refractivity contribution in [2.75, 3.05) is 18.6 Å². The van der Waals surface area contributed by atoms with Crippen molar-refractivity contribution < 1.29 is 14.3 Å². The van der Waals surface area contributed by atoms with E-state index in [1.807, 2.05) is 59.5 Å². The van der Waals surface area contributed by atoms with Crippen LogP contribution in [0.1, 0.15) is 6.92 Å². The maximum atomic E-state index is 11.6. The van der Waals surface area contributed by atoms with E-state index in [9.17, 15) is 4.79 Å². The van der Waals surface area contributed by atoms with Crippen molar-refractivity contribution in [1.82, 2.24) is 0 Å². The fourth-order valence-corrected chi connectivity index (χ4v) is 2.00. The van der Waals surface area contributed by atoms with Gasteiger partial charge in [0, 0.05) is 29.7 Å². The summed E-state index contributed by atoms with van der Waals surface area (Å²) in [4.78, 5) is 13.5. The first-order valence-electron chi connectivity index (χ1n) is 7.08. The lowest BCUT2D eigenvalue weighted by molar-refractivity contribution is -0.137. The van der Waals surface area contributed by atoms with Crippen LogP contribution in [0.2, 0.25) is 0 Å². The number of nitrogens with zero attached hydrogens (tertiary/aromatic N) is 1. The van der Waals surface area contributed by atoms with Gasteiger partial charge in [-0.15, -0.1) is 0 Å². The van der Waals surface area contributed by atoms with Gasteiger partial charge in [0.25, 0.3) is 0 Å². The van der Waals surface area contributed by atoms with Crippen LogP contribution in [0, 0.1) is 0 Å². The van der Waals surface area contributed by atoms with Crippen molar-refractivity contribution in [3.8, 4) is 5.75 Å². The van der Waals surface area contributed by atoms with E-state index in [0.29, 0.717) is 6.61 Å². The molecule has 0 atom stereocenters. The van der Waals surface area contributed by atoms with E-state index in [4.69, 9.17) is 9.47 Å². The smallest absolute Gasteiger partial charge is 0.332 e. The molecule has 0 aliphatic heterocycles. The van der Waals surface area contributed by atoms with E-state index in [-0.39, 0.29) is 5.97 Å². The molecule has 0 saturated carbocycles. The van der Waals surface area contributed by atoms with Gasteiger partial charge in [-0.05, 0) is 31.2 Å². The Morgan fingerprint density at radius 2 is 1.82 bits per heavy atom. The Morgan fingerprint density at radius 1 is 1.09 bits per heavy atom. The number of hydrogen-bond acceptors (Lipinski definition) is 4. The third-order valence-electron chi connectivity index (χ3n) is 3.01. The highest BCUT2D eigenvalue weighted by atomic mass is 16.5. The lowest BCUT2D eigenvalue weighted by Crippen LogP contribution is -2.10. The highest BCUT2D eigenvalue weighted by Crippen LogP contribution is 2.28. The van der Waals surface area contributed by atoms with E-state index in [2.05, 4.69) is 0 Å². The van der Waals surface area contributed by atoms with Crippen LogP contribution in [-0.2, 0) is 9.53 Å². The highest BCUT2D eigenvalue weighted by Gasteiger charge is 2.08. The molecule has 4 nitrogen and oxygen atoms in total. The van der Waals surface area contributed by atoms with Crippen molar-refractivity contribution in [3.63, 3.8) is 0 Å². The summed E-state index contributed by atoms with van der Waals surface area (Å²) in [6.45, 7) is 2.14. The van der Waals surface area contributed by atoms with Gasteiger partial charge in [0.15, 0.2) is 0 Å². The normalized spacial score (nSPS) is 10.5. The van der Waals surface area contributed by atoms with Crippen LogP contribution in [-0.4, -0.2) is 19.7 Å². The van der Waals surface area contributed by atoms with E-state index >= 15 is 0 Å². The van der Waals surface area contributed by atoms with Gasteiger partial charge in [0.05, 0.1) is 13.7 Å². The molecule has 0 aliphatic rings. The van der Waals surface area contributed by atoms with Gasteiger partial charge < -0.3 is 14.4 Å². The molecule has 0 saturated heterocycles. The molecule has 0 unspecified atom stereocenters. The maximum absolute atomic E-state index is 11.6. The van der Waals surface area contributed by atoms with Crippen molar-refractivity contribution in [1.29, 1.82) is 0 Å². The lowest BCUT2D eigenvalue weighted by Gasteiger charge is -2.21. The molecule has 2 aromatic rings. The molecule has 0 N–H and O–H groups in total. The Balaban J connectivity index is 2.35. The van der Waals surface area contributed by atoms with Crippen LogP contribution in [0.3, 0.4) is 0 Å². The molecule has 22 heavy (non-hydrogen) atoms. The third-order valence-corrected chi connectivity index (χ3v) is 3.01. The largest absolute Gasteiger partial charge is 0.497 e. The minimum Gasteiger partial charge on any atom is -0.497 e. The monoisotopic (exact) mass is 297 g/mol. The molecular formula is C18H19NO3. The number of carbonyl (C=O) groups excluding carboxylic acids is 1. The van der Waals surface area contributed by atoms with Gasteiger partial charge in [-0.3, -0.25) is 0 Å². The Labute approximate surface area is 130 Å². The third kappa shape index (κ3) is 4.12. The fourth-order valence-electron chi connectivity index (χ4n) is 2.00. The average Bonchev–Trinajstić information content (AvgIpc) is 2.56. The molecule has 0 spiro atoms. The number of esters is 1. The van der Waals surface area contributed by atoms with E-state index in [0.717, 1.165) is 17.1 Å². The summed E-state index contributed by atoms with van der Waals surface area (Å²) in [5.74, 6) is 0.384. The summed E-state index contributed by atoms with van der Waals surface area (Å²) in [7, 11) is 1.63. The molecule has 4 heteroatoms. The van der Waals surface area contributed by atoms with Gasteiger partial charge in [0.1, 0.15) is 5.75 Å². The second-order valence-corrected chi connectivity index (χ2v) is 4.47. The van der Waals surface area contributed by atoms with E-state index < -0.39 is 0 Å². The van der Waals surface area contributed by atoms with Crippen molar-refractivity contribution in [2.45, 2.75) is 6.92 Å². The Kier molecular flexibility index (Phi) is 5.60. The first-order valence-corrected chi connectivity index (χ1v) is 7.08. The van der Waals surface area contributed by atoms with E-state index in [1.54, 1.807) is 20.2 Å². The zero-order chi connectivity index (χ0) is 15.8. The van der Waals surface area contributed by atoms with Crippen LogP contribution < -0.4 is 9.64 Å². The second-order valence-electron chi connectivity index (χ2n) is 4.47. The van der Waals surface area contributed by atoms with Crippen LogP contribution >= 0.6 is 0 Å². The predicted molar refractivity (Wildman–Crippen MR) is 87.3 cm³/mol. The highest BCUT2D eigenvalue weighted by molar-refractivity contribution is 5.83. The SMILES string of the molecule is CCOC(=O)/C=C/N(c1ccccc1)c1cccc(OC)c1. The quantitative estimate of drug-likeness (QED) is 0.598. The average molecular weight is 297 g/mol. The molecule has 2 rings (SSSR count). The van der Waals surface area contributed by atoms with Crippen LogP contribution in [0.4, 0.5) is 11.4 Å². The molecule has 0 aromatic heterocycles. The van der Waals surface area contributed by atoms with Gasteiger partial charge in [-0.25, -0.2) is 4.79 Å². The maximum Gasteiger partial charge on any atom is 0.332 e. The number of hydrogen-bond donors (Lipinski definition) is 0. The summed E-state index contributed by atoms with van der Waals surface area (Å²) < 4.78 is 10.2. The minimum absolute atomic E-state index is 0.355. The van der Waals surface area contributed by atoms with Crippen LogP contribution in [0.5, 0.6) is 5.75 Å². The first kappa shape index (κ1) is 15.6. The van der Waals surface area contributed by atoms with Gasteiger partial charge in [0.2, 0.25) is 0 Å². The summed E-state index contributed by atoms with van der Waals surface area (Å²) in [5, 5.41) is 0.